The van der Waals surface area contributed by atoms with Crippen LogP contribution in [0.3, 0.4) is 0 Å². The van der Waals surface area contributed by atoms with Gasteiger partial charge in [-0.05, 0) is 37.6 Å². The highest BCUT2D eigenvalue weighted by Gasteiger charge is 2.27. The molecule has 0 aliphatic rings. The van der Waals surface area contributed by atoms with Crippen molar-refractivity contribution in [3.05, 3.63) is 0 Å². The van der Waals surface area contributed by atoms with Crippen LogP contribution in [0.1, 0.15) is 233 Å². The van der Waals surface area contributed by atoms with E-state index < -0.39 is 0 Å². The molecule has 1 heteroatoms. The summed E-state index contributed by atoms with van der Waals surface area (Å²) in [6.45, 7) is 7.89. The van der Waals surface area contributed by atoms with Crippen molar-refractivity contribution in [2.24, 2.45) is 11.1 Å². The molecule has 0 aromatic heterocycles. The van der Waals surface area contributed by atoms with Crippen molar-refractivity contribution in [3.63, 3.8) is 0 Å². The van der Waals surface area contributed by atoms with Crippen molar-refractivity contribution in [1.29, 1.82) is 0 Å². The van der Waals surface area contributed by atoms with Crippen molar-refractivity contribution in [2.45, 2.75) is 233 Å². The Kier molecular flexibility index (Phi) is 32.4. The van der Waals surface area contributed by atoms with Gasteiger partial charge in [-0.1, -0.05) is 207 Å². The molecule has 0 fully saturated rings. The Hall–Kier alpha value is -0.0400. The summed E-state index contributed by atoms with van der Waals surface area (Å²) in [5.74, 6) is 0. The first-order valence-electron chi connectivity index (χ1n) is 18.9. The number of hydrogen-bond acceptors (Lipinski definition) is 1. The maximum atomic E-state index is 6.15. The van der Waals surface area contributed by atoms with E-state index in [2.05, 4.69) is 20.8 Å². The van der Waals surface area contributed by atoms with E-state index in [9.17, 15) is 0 Å². The van der Waals surface area contributed by atoms with Gasteiger partial charge in [-0.3, -0.25) is 0 Å². The van der Waals surface area contributed by atoms with E-state index in [-0.39, 0.29) is 0 Å². The lowest BCUT2D eigenvalue weighted by Gasteiger charge is -2.34. The standard InChI is InChI=1S/C38H79N/c1-4-7-9-11-13-15-17-19-21-23-25-27-29-31-34-38(33-6-3,36-37-39)35-32-30-28-26-24-22-20-18-16-14-12-10-8-5-2/h4-37,39H2,1-3H3. The van der Waals surface area contributed by atoms with E-state index in [4.69, 9.17) is 5.73 Å². The van der Waals surface area contributed by atoms with Gasteiger partial charge in [0.25, 0.3) is 0 Å². The van der Waals surface area contributed by atoms with Crippen LogP contribution < -0.4 is 5.73 Å². The normalized spacial score (nSPS) is 12.0. The highest BCUT2D eigenvalue weighted by atomic mass is 14.5. The molecule has 0 saturated carbocycles. The number of nitrogens with two attached hydrogens (primary N) is 1. The molecule has 0 amide bonds. The van der Waals surface area contributed by atoms with Crippen LogP contribution >= 0.6 is 0 Å². The molecule has 0 unspecified atom stereocenters. The highest BCUT2D eigenvalue weighted by molar-refractivity contribution is 4.80. The molecule has 0 radical (unpaired) electrons. The van der Waals surface area contributed by atoms with Gasteiger partial charge in [0.05, 0.1) is 0 Å². The SMILES string of the molecule is CCCCCCCCCCCCCCCCC(CCC)(CCN)CCCCCCCCCCCCCCCC. The van der Waals surface area contributed by atoms with Gasteiger partial charge in [0.1, 0.15) is 0 Å². The third-order valence-corrected chi connectivity index (χ3v) is 9.58. The number of rotatable bonds is 34. The molecular weight excluding hydrogens is 470 g/mol. The lowest BCUT2D eigenvalue weighted by Crippen LogP contribution is -2.25. The van der Waals surface area contributed by atoms with Crippen LogP contribution in [-0.4, -0.2) is 6.54 Å². The Morgan fingerprint density at radius 2 is 0.538 bits per heavy atom. The maximum absolute atomic E-state index is 6.15. The van der Waals surface area contributed by atoms with E-state index in [1.54, 1.807) is 0 Å². The van der Waals surface area contributed by atoms with E-state index >= 15 is 0 Å². The predicted molar refractivity (Wildman–Crippen MR) is 181 cm³/mol. The van der Waals surface area contributed by atoms with Crippen LogP contribution in [0.5, 0.6) is 0 Å². The molecule has 0 spiro atoms. The Balaban J connectivity index is 3.78. The molecule has 0 rings (SSSR count). The zero-order valence-electron chi connectivity index (χ0n) is 28.1. The zero-order chi connectivity index (χ0) is 28.5. The molecule has 1 nitrogen and oxygen atoms in total. The maximum Gasteiger partial charge on any atom is -0.00720 e. The summed E-state index contributed by atoms with van der Waals surface area (Å²) in [7, 11) is 0. The van der Waals surface area contributed by atoms with Gasteiger partial charge in [-0.25, -0.2) is 0 Å². The molecule has 236 valence electrons. The van der Waals surface area contributed by atoms with E-state index in [1.807, 2.05) is 0 Å². The van der Waals surface area contributed by atoms with Gasteiger partial charge in [0, 0.05) is 0 Å². The summed E-state index contributed by atoms with van der Waals surface area (Å²) in [4.78, 5) is 0. The predicted octanol–water partition coefficient (Wildman–Crippen LogP) is 13.9. The molecule has 0 aromatic rings. The fourth-order valence-electron chi connectivity index (χ4n) is 6.98. The fraction of sp³-hybridized carbons (Fsp3) is 1.00. The first kappa shape index (κ1) is 39.0. The van der Waals surface area contributed by atoms with E-state index in [0.717, 1.165) is 6.54 Å². The molecule has 39 heavy (non-hydrogen) atoms. The molecule has 0 aromatic carbocycles. The van der Waals surface area contributed by atoms with Crippen molar-refractivity contribution in [1.82, 2.24) is 0 Å². The molecular formula is C38H79N. The topological polar surface area (TPSA) is 26.0 Å². The molecule has 0 aliphatic carbocycles. The summed E-state index contributed by atoms with van der Waals surface area (Å²) in [5, 5.41) is 0. The Morgan fingerprint density at radius 3 is 0.769 bits per heavy atom. The zero-order valence-corrected chi connectivity index (χ0v) is 28.1. The summed E-state index contributed by atoms with van der Waals surface area (Å²) < 4.78 is 0. The molecule has 0 heterocycles. The molecule has 2 N–H and O–H groups in total. The third kappa shape index (κ3) is 27.9. The van der Waals surface area contributed by atoms with Crippen LogP contribution in [-0.2, 0) is 0 Å². The fourth-order valence-corrected chi connectivity index (χ4v) is 6.98. The van der Waals surface area contributed by atoms with Gasteiger partial charge < -0.3 is 5.73 Å². The van der Waals surface area contributed by atoms with E-state index in [1.165, 1.54) is 212 Å². The minimum atomic E-state index is 0.553. The molecule has 0 saturated heterocycles. The smallest absolute Gasteiger partial charge is 0.00720 e. The average molecular weight is 550 g/mol. The lowest BCUT2D eigenvalue weighted by molar-refractivity contribution is 0.186. The van der Waals surface area contributed by atoms with Crippen LogP contribution in [0, 0.1) is 5.41 Å². The van der Waals surface area contributed by atoms with Crippen molar-refractivity contribution in [3.8, 4) is 0 Å². The average Bonchev–Trinajstić information content (AvgIpc) is 2.93. The van der Waals surface area contributed by atoms with Crippen LogP contribution in [0.25, 0.3) is 0 Å². The van der Waals surface area contributed by atoms with Crippen LogP contribution in [0.15, 0.2) is 0 Å². The largest absolute Gasteiger partial charge is 0.330 e. The molecule has 0 atom stereocenters. The van der Waals surface area contributed by atoms with Gasteiger partial charge in [-0.15, -0.1) is 0 Å². The lowest BCUT2D eigenvalue weighted by atomic mass is 9.72. The van der Waals surface area contributed by atoms with Crippen LogP contribution in [0.2, 0.25) is 0 Å². The minimum Gasteiger partial charge on any atom is -0.330 e. The number of unbranched alkanes of at least 4 members (excludes halogenated alkanes) is 26. The van der Waals surface area contributed by atoms with Gasteiger partial charge in [0.2, 0.25) is 0 Å². The summed E-state index contributed by atoms with van der Waals surface area (Å²) in [6, 6.07) is 0. The van der Waals surface area contributed by atoms with Crippen LogP contribution in [0.4, 0.5) is 0 Å². The Labute approximate surface area is 250 Å². The summed E-state index contributed by atoms with van der Waals surface area (Å²) in [6.07, 6.45) is 47.7. The second kappa shape index (κ2) is 32.5. The monoisotopic (exact) mass is 550 g/mol. The van der Waals surface area contributed by atoms with E-state index in [0.29, 0.717) is 5.41 Å². The van der Waals surface area contributed by atoms with Crippen molar-refractivity contribution in [2.75, 3.05) is 6.54 Å². The third-order valence-electron chi connectivity index (χ3n) is 9.58. The second-order valence-electron chi connectivity index (χ2n) is 13.5. The Bertz CT molecular complexity index is 390. The van der Waals surface area contributed by atoms with Crippen molar-refractivity contribution < 1.29 is 0 Å². The van der Waals surface area contributed by atoms with Crippen molar-refractivity contribution >= 4 is 0 Å². The summed E-state index contributed by atoms with van der Waals surface area (Å²) in [5.41, 5.74) is 6.70. The van der Waals surface area contributed by atoms with Gasteiger partial charge in [0.15, 0.2) is 0 Å². The first-order chi connectivity index (χ1) is 19.2. The summed E-state index contributed by atoms with van der Waals surface area (Å²) >= 11 is 0. The Morgan fingerprint density at radius 1 is 0.282 bits per heavy atom. The first-order valence-corrected chi connectivity index (χ1v) is 18.9. The highest BCUT2D eigenvalue weighted by Crippen LogP contribution is 2.39. The second-order valence-corrected chi connectivity index (χ2v) is 13.5. The molecule has 0 bridgehead atoms. The molecule has 0 aliphatic heterocycles. The quantitative estimate of drug-likeness (QED) is 0.0793. The number of hydrogen-bond donors (Lipinski definition) is 1. The van der Waals surface area contributed by atoms with Gasteiger partial charge in [-0.2, -0.15) is 0 Å². The minimum absolute atomic E-state index is 0.553. The van der Waals surface area contributed by atoms with Gasteiger partial charge >= 0.3 is 0 Å².